The maximum absolute atomic E-state index is 12.6. The Morgan fingerprint density at radius 2 is 1.84 bits per heavy atom. The zero-order chi connectivity index (χ0) is 17.2. The van der Waals surface area contributed by atoms with Gasteiger partial charge in [-0.15, -0.1) is 0 Å². The second kappa shape index (κ2) is 7.06. The van der Waals surface area contributed by atoms with Crippen molar-refractivity contribution in [3.63, 3.8) is 0 Å². The largest absolute Gasteiger partial charge is 0.423 e. The van der Waals surface area contributed by atoms with Gasteiger partial charge in [0.2, 0.25) is 5.91 Å². The number of rotatable bonds is 3. The van der Waals surface area contributed by atoms with Crippen LogP contribution in [0.15, 0.2) is 28.7 Å². The summed E-state index contributed by atoms with van der Waals surface area (Å²) < 4.78 is 5.85. The van der Waals surface area contributed by atoms with E-state index in [1.165, 1.54) is 12.8 Å². The van der Waals surface area contributed by atoms with Gasteiger partial charge >= 0.3 is 0 Å². The highest BCUT2D eigenvalue weighted by Gasteiger charge is 2.29. The normalized spacial score (nSPS) is 25.2. The molecule has 5 nitrogen and oxygen atoms in total. The van der Waals surface area contributed by atoms with E-state index in [4.69, 9.17) is 4.42 Å². The van der Waals surface area contributed by atoms with Gasteiger partial charge in [-0.05, 0) is 56.6 Å². The summed E-state index contributed by atoms with van der Waals surface area (Å²) in [6, 6.07) is 8.90. The average molecular weight is 341 g/mol. The number of fused-ring (bicyclic) bond motifs is 1. The van der Waals surface area contributed by atoms with Gasteiger partial charge in [-0.3, -0.25) is 4.79 Å². The summed E-state index contributed by atoms with van der Waals surface area (Å²) in [6.45, 7) is 3.96. The molecule has 1 saturated heterocycles. The third kappa shape index (κ3) is 3.65. The number of nitrogens with one attached hydrogen (secondary N) is 1. The van der Waals surface area contributed by atoms with Gasteiger partial charge < -0.3 is 14.6 Å². The van der Waals surface area contributed by atoms with E-state index in [0.29, 0.717) is 12.1 Å². The Balaban J connectivity index is 1.31. The number of hydrogen-bond acceptors (Lipinski definition) is 4. The molecule has 0 spiro atoms. The van der Waals surface area contributed by atoms with Gasteiger partial charge in [0.05, 0.1) is 0 Å². The molecule has 0 radical (unpaired) electrons. The standard InChI is InChI=1S/C20H27N3O2/c1-14-6-8-16(9-7-14)21-19(24)15-10-12-23(13-11-15)20-22-17-4-2-3-5-18(17)25-20/h2-5,14-16H,6-13H2,1H3,(H,21,24). The predicted molar refractivity (Wildman–Crippen MR) is 98.5 cm³/mol. The van der Waals surface area contributed by atoms with Crippen LogP contribution in [0.1, 0.15) is 45.4 Å². The fourth-order valence-corrected chi connectivity index (χ4v) is 4.05. The lowest BCUT2D eigenvalue weighted by molar-refractivity contribution is -0.126. The molecule has 0 bridgehead atoms. The third-order valence-electron chi connectivity index (χ3n) is 5.78. The van der Waals surface area contributed by atoms with Gasteiger partial charge in [0, 0.05) is 25.0 Å². The fourth-order valence-electron chi connectivity index (χ4n) is 4.05. The number of anilines is 1. The molecule has 0 atom stereocenters. The van der Waals surface area contributed by atoms with Crippen molar-refractivity contribution < 1.29 is 9.21 Å². The van der Waals surface area contributed by atoms with Crippen molar-refractivity contribution in [3.8, 4) is 0 Å². The van der Waals surface area contributed by atoms with Crippen LogP contribution in [-0.2, 0) is 4.79 Å². The van der Waals surface area contributed by atoms with Gasteiger partial charge in [-0.2, -0.15) is 4.98 Å². The highest BCUT2D eigenvalue weighted by atomic mass is 16.4. The summed E-state index contributed by atoms with van der Waals surface area (Å²) in [5.74, 6) is 1.18. The molecular weight excluding hydrogens is 314 g/mol. The molecular formula is C20H27N3O2. The van der Waals surface area contributed by atoms with Crippen molar-refractivity contribution >= 4 is 23.0 Å². The van der Waals surface area contributed by atoms with Crippen LogP contribution in [0, 0.1) is 11.8 Å². The molecule has 1 N–H and O–H groups in total. The summed E-state index contributed by atoms with van der Waals surface area (Å²) in [5.41, 5.74) is 1.72. The highest BCUT2D eigenvalue weighted by Crippen LogP contribution is 2.27. The maximum Gasteiger partial charge on any atom is 0.298 e. The molecule has 1 aromatic heterocycles. The van der Waals surface area contributed by atoms with Gasteiger partial charge in [0.1, 0.15) is 5.52 Å². The first kappa shape index (κ1) is 16.4. The molecule has 2 aliphatic rings. The SMILES string of the molecule is CC1CCC(NC(=O)C2CCN(c3nc4ccccc4o3)CC2)CC1. The van der Waals surface area contributed by atoms with Crippen LogP contribution in [0.4, 0.5) is 6.01 Å². The summed E-state index contributed by atoms with van der Waals surface area (Å²) in [6.07, 6.45) is 6.48. The van der Waals surface area contributed by atoms with Gasteiger partial charge in [-0.1, -0.05) is 19.1 Å². The molecule has 2 heterocycles. The number of para-hydroxylation sites is 2. The number of carbonyl (C=O) groups excluding carboxylic acids is 1. The first-order chi connectivity index (χ1) is 12.2. The number of hydrogen-bond donors (Lipinski definition) is 1. The lowest BCUT2D eigenvalue weighted by Gasteiger charge is -2.32. The zero-order valence-electron chi connectivity index (χ0n) is 14.9. The van der Waals surface area contributed by atoms with Crippen molar-refractivity contribution in [2.75, 3.05) is 18.0 Å². The van der Waals surface area contributed by atoms with E-state index in [2.05, 4.69) is 22.1 Å². The Kier molecular flexibility index (Phi) is 4.64. The highest BCUT2D eigenvalue weighted by molar-refractivity contribution is 5.79. The monoisotopic (exact) mass is 341 g/mol. The minimum atomic E-state index is 0.125. The third-order valence-corrected chi connectivity index (χ3v) is 5.78. The molecule has 25 heavy (non-hydrogen) atoms. The van der Waals surface area contributed by atoms with E-state index in [9.17, 15) is 4.79 Å². The fraction of sp³-hybridized carbons (Fsp3) is 0.600. The van der Waals surface area contributed by atoms with Crippen LogP contribution >= 0.6 is 0 Å². The first-order valence-corrected chi connectivity index (χ1v) is 9.60. The van der Waals surface area contributed by atoms with Crippen LogP contribution in [0.5, 0.6) is 0 Å². The molecule has 1 saturated carbocycles. The number of benzene rings is 1. The summed E-state index contributed by atoms with van der Waals surface area (Å²) in [7, 11) is 0. The molecule has 5 heteroatoms. The Morgan fingerprint density at radius 1 is 1.12 bits per heavy atom. The Hall–Kier alpha value is -2.04. The Labute approximate surface area is 148 Å². The molecule has 1 amide bonds. The van der Waals surface area contributed by atoms with Crippen LogP contribution in [0.25, 0.3) is 11.1 Å². The van der Waals surface area contributed by atoms with E-state index >= 15 is 0 Å². The van der Waals surface area contributed by atoms with Gasteiger partial charge in [0.25, 0.3) is 6.01 Å². The van der Waals surface area contributed by atoms with Crippen molar-refractivity contribution in [2.45, 2.75) is 51.5 Å². The molecule has 1 aliphatic carbocycles. The summed E-state index contributed by atoms with van der Waals surface area (Å²) in [4.78, 5) is 19.3. The molecule has 134 valence electrons. The van der Waals surface area contributed by atoms with Crippen molar-refractivity contribution in [1.29, 1.82) is 0 Å². The lowest BCUT2D eigenvalue weighted by Crippen LogP contribution is -2.44. The van der Waals surface area contributed by atoms with E-state index in [-0.39, 0.29) is 11.8 Å². The number of nitrogens with zero attached hydrogens (tertiary/aromatic N) is 2. The van der Waals surface area contributed by atoms with E-state index < -0.39 is 0 Å². The van der Waals surface area contributed by atoms with Crippen molar-refractivity contribution in [2.24, 2.45) is 11.8 Å². The number of piperidine rings is 1. The van der Waals surface area contributed by atoms with Crippen molar-refractivity contribution in [1.82, 2.24) is 10.3 Å². The molecule has 2 aromatic rings. The Bertz CT molecular complexity index is 692. The number of carbonyl (C=O) groups is 1. The molecule has 4 rings (SSSR count). The summed E-state index contributed by atoms with van der Waals surface area (Å²) in [5, 5.41) is 3.29. The number of amides is 1. The van der Waals surface area contributed by atoms with Crippen LogP contribution in [0.3, 0.4) is 0 Å². The van der Waals surface area contributed by atoms with Gasteiger partial charge in [0.15, 0.2) is 5.58 Å². The molecule has 0 unspecified atom stereocenters. The van der Waals surface area contributed by atoms with E-state index in [1.807, 2.05) is 24.3 Å². The van der Waals surface area contributed by atoms with Gasteiger partial charge in [-0.25, -0.2) is 0 Å². The van der Waals surface area contributed by atoms with Crippen LogP contribution in [-0.4, -0.2) is 30.0 Å². The predicted octanol–water partition coefficient (Wildman–Crippen LogP) is 3.74. The topological polar surface area (TPSA) is 58.4 Å². The van der Waals surface area contributed by atoms with Crippen LogP contribution < -0.4 is 10.2 Å². The minimum absolute atomic E-state index is 0.125. The van der Waals surface area contributed by atoms with E-state index in [1.54, 1.807) is 0 Å². The summed E-state index contributed by atoms with van der Waals surface area (Å²) >= 11 is 0. The van der Waals surface area contributed by atoms with E-state index in [0.717, 1.165) is 55.8 Å². The Morgan fingerprint density at radius 3 is 2.56 bits per heavy atom. The quantitative estimate of drug-likeness (QED) is 0.924. The zero-order valence-corrected chi connectivity index (χ0v) is 14.9. The second-order valence-electron chi connectivity index (χ2n) is 7.69. The van der Waals surface area contributed by atoms with Crippen LogP contribution in [0.2, 0.25) is 0 Å². The smallest absolute Gasteiger partial charge is 0.298 e. The second-order valence-corrected chi connectivity index (χ2v) is 7.69. The maximum atomic E-state index is 12.6. The number of oxazole rings is 1. The molecule has 1 aromatic carbocycles. The lowest BCUT2D eigenvalue weighted by atomic mass is 9.86. The minimum Gasteiger partial charge on any atom is -0.423 e. The first-order valence-electron chi connectivity index (χ1n) is 9.60. The molecule has 1 aliphatic heterocycles. The average Bonchev–Trinajstić information content (AvgIpc) is 3.08. The molecule has 2 fully saturated rings. The number of aromatic nitrogens is 1. The van der Waals surface area contributed by atoms with Crippen molar-refractivity contribution in [3.05, 3.63) is 24.3 Å².